The maximum Gasteiger partial charge on any atom is 0.0770 e. The van der Waals surface area contributed by atoms with Gasteiger partial charge >= 0.3 is 0 Å². The average molecular weight is 213 g/mol. The van der Waals surface area contributed by atoms with Crippen molar-refractivity contribution in [3.63, 3.8) is 0 Å². The van der Waals surface area contributed by atoms with E-state index in [9.17, 15) is 0 Å². The number of allylic oxidation sites excluding steroid dienone is 1. The molecule has 0 radical (unpaired) electrons. The Kier molecular flexibility index (Phi) is 4.44. The zero-order valence-electron chi connectivity index (χ0n) is 10.6. The van der Waals surface area contributed by atoms with Gasteiger partial charge in [-0.1, -0.05) is 59.9 Å². The van der Waals surface area contributed by atoms with Gasteiger partial charge in [0.1, 0.15) is 0 Å². The molecule has 0 aliphatic carbocycles. The maximum atomic E-state index is 4.33. The van der Waals surface area contributed by atoms with Crippen molar-refractivity contribution in [1.29, 1.82) is 0 Å². The Morgan fingerprint density at radius 1 is 1.00 bits per heavy atom. The van der Waals surface area contributed by atoms with Gasteiger partial charge in [-0.2, -0.15) is 0 Å². The monoisotopic (exact) mass is 213 g/mol. The van der Waals surface area contributed by atoms with E-state index in [0.29, 0.717) is 0 Å². The molecule has 0 fully saturated rings. The molecule has 0 saturated heterocycles. The molecule has 0 aromatic rings. The van der Waals surface area contributed by atoms with Crippen molar-refractivity contribution in [2.75, 3.05) is 7.05 Å². The SMILES string of the molecule is C=C(SC(=NC)C(C)(C)C)C(C)(C)C. The van der Waals surface area contributed by atoms with Crippen LogP contribution in [0.4, 0.5) is 0 Å². The molecule has 0 aliphatic rings. The number of aliphatic imine (C=N–C) groups is 1. The molecule has 0 rings (SSSR count). The molecular formula is C12H23NS. The molecule has 0 aromatic heterocycles. The second-order valence-electron chi connectivity index (χ2n) is 5.55. The van der Waals surface area contributed by atoms with Gasteiger partial charge in [-0.05, 0) is 10.3 Å². The summed E-state index contributed by atoms with van der Waals surface area (Å²) in [5.41, 5.74) is 0.263. The first-order chi connectivity index (χ1) is 6.09. The summed E-state index contributed by atoms with van der Waals surface area (Å²) in [7, 11) is 1.85. The van der Waals surface area contributed by atoms with Crippen molar-refractivity contribution in [2.24, 2.45) is 15.8 Å². The van der Waals surface area contributed by atoms with E-state index in [-0.39, 0.29) is 10.8 Å². The number of rotatable bonds is 1. The molecule has 14 heavy (non-hydrogen) atoms. The Hall–Kier alpha value is -0.240. The standard InChI is InChI=1S/C12H23NS/c1-9(11(2,3)4)14-10(13-8)12(5,6)7/h1H2,2-8H3. The molecule has 0 bridgehead atoms. The molecular weight excluding hydrogens is 190 g/mol. The fraction of sp³-hybridized carbons (Fsp3) is 0.750. The van der Waals surface area contributed by atoms with E-state index in [2.05, 4.69) is 53.1 Å². The van der Waals surface area contributed by atoms with Crippen LogP contribution < -0.4 is 0 Å². The van der Waals surface area contributed by atoms with Gasteiger partial charge in [0.25, 0.3) is 0 Å². The van der Waals surface area contributed by atoms with Gasteiger partial charge in [0.15, 0.2) is 0 Å². The Labute approximate surface area is 93.1 Å². The minimum atomic E-state index is 0.119. The van der Waals surface area contributed by atoms with Crippen molar-refractivity contribution < 1.29 is 0 Å². The van der Waals surface area contributed by atoms with Crippen LogP contribution in [-0.2, 0) is 0 Å². The Morgan fingerprint density at radius 3 is 1.64 bits per heavy atom. The zero-order valence-corrected chi connectivity index (χ0v) is 11.4. The summed E-state index contributed by atoms with van der Waals surface area (Å²) in [5.74, 6) is 0. The lowest BCUT2D eigenvalue weighted by Crippen LogP contribution is -2.19. The fourth-order valence-electron chi connectivity index (χ4n) is 0.804. The zero-order chi connectivity index (χ0) is 11.6. The van der Waals surface area contributed by atoms with E-state index in [1.165, 1.54) is 4.91 Å². The molecule has 0 unspecified atom stereocenters. The molecule has 0 aromatic carbocycles. The van der Waals surface area contributed by atoms with Gasteiger partial charge in [0, 0.05) is 12.5 Å². The first-order valence-electron chi connectivity index (χ1n) is 4.93. The molecule has 2 heteroatoms. The highest BCUT2D eigenvalue weighted by Crippen LogP contribution is 2.37. The van der Waals surface area contributed by atoms with Crippen LogP contribution in [0.25, 0.3) is 0 Å². The highest BCUT2D eigenvalue weighted by molar-refractivity contribution is 8.17. The third-order valence-corrected chi connectivity index (χ3v) is 3.75. The summed E-state index contributed by atoms with van der Waals surface area (Å²) in [4.78, 5) is 5.51. The van der Waals surface area contributed by atoms with Crippen LogP contribution in [-0.4, -0.2) is 12.1 Å². The van der Waals surface area contributed by atoms with Crippen LogP contribution in [0.1, 0.15) is 41.5 Å². The Balaban J connectivity index is 4.61. The topological polar surface area (TPSA) is 12.4 Å². The Morgan fingerprint density at radius 2 is 1.43 bits per heavy atom. The van der Waals surface area contributed by atoms with Gasteiger partial charge in [-0.3, -0.25) is 4.99 Å². The van der Waals surface area contributed by atoms with Crippen molar-refractivity contribution in [3.8, 4) is 0 Å². The molecule has 0 N–H and O–H groups in total. The van der Waals surface area contributed by atoms with Crippen LogP contribution in [0.3, 0.4) is 0 Å². The first-order valence-corrected chi connectivity index (χ1v) is 5.75. The van der Waals surface area contributed by atoms with Crippen LogP contribution in [0.5, 0.6) is 0 Å². The highest BCUT2D eigenvalue weighted by atomic mass is 32.2. The van der Waals surface area contributed by atoms with E-state index in [1.54, 1.807) is 11.8 Å². The van der Waals surface area contributed by atoms with Crippen LogP contribution in [0.15, 0.2) is 16.5 Å². The highest BCUT2D eigenvalue weighted by Gasteiger charge is 2.24. The average Bonchev–Trinajstić information content (AvgIpc) is 1.95. The Bertz CT molecular complexity index is 238. The number of hydrogen-bond acceptors (Lipinski definition) is 2. The molecule has 0 aliphatic heterocycles. The third-order valence-electron chi connectivity index (χ3n) is 1.90. The van der Waals surface area contributed by atoms with Crippen LogP contribution in [0.2, 0.25) is 0 Å². The lowest BCUT2D eigenvalue weighted by Gasteiger charge is -2.26. The quantitative estimate of drug-likeness (QED) is 0.466. The smallest absolute Gasteiger partial charge is 0.0770 e. The van der Waals surface area contributed by atoms with Gasteiger partial charge < -0.3 is 0 Å². The first kappa shape index (κ1) is 13.8. The lowest BCUT2D eigenvalue weighted by atomic mass is 9.97. The molecule has 1 nitrogen and oxygen atoms in total. The van der Waals surface area contributed by atoms with Crippen molar-refractivity contribution in [2.45, 2.75) is 41.5 Å². The minimum Gasteiger partial charge on any atom is -0.285 e. The largest absolute Gasteiger partial charge is 0.285 e. The van der Waals surface area contributed by atoms with Crippen molar-refractivity contribution in [1.82, 2.24) is 0 Å². The molecule has 82 valence electrons. The summed E-state index contributed by atoms with van der Waals surface area (Å²) in [6.45, 7) is 17.2. The fourth-order valence-corrected chi connectivity index (χ4v) is 1.74. The second-order valence-corrected chi connectivity index (χ2v) is 6.64. The van der Waals surface area contributed by atoms with Crippen LogP contribution >= 0.6 is 11.8 Å². The second kappa shape index (κ2) is 4.52. The van der Waals surface area contributed by atoms with Gasteiger partial charge in [-0.25, -0.2) is 0 Å². The predicted octanol–water partition coefficient (Wildman–Crippen LogP) is 4.35. The predicted molar refractivity (Wildman–Crippen MR) is 69.0 cm³/mol. The van der Waals surface area contributed by atoms with E-state index < -0.39 is 0 Å². The normalized spacial score (nSPS) is 14.4. The van der Waals surface area contributed by atoms with Gasteiger partial charge in [0.2, 0.25) is 0 Å². The van der Waals surface area contributed by atoms with Crippen LogP contribution in [0, 0.1) is 10.8 Å². The molecule has 0 atom stereocenters. The summed E-state index contributed by atoms with van der Waals surface area (Å²) in [6, 6.07) is 0. The third kappa shape index (κ3) is 4.32. The number of thioether (sulfide) groups is 1. The number of nitrogens with zero attached hydrogens (tertiary/aromatic N) is 1. The van der Waals surface area contributed by atoms with Gasteiger partial charge in [-0.15, -0.1) is 0 Å². The van der Waals surface area contributed by atoms with Gasteiger partial charge in [0.05, 0.1) is 5.04 Å². The van der Waals surface area contributed by atoms with E-state index in [1.807, 2.05) is 7.05 Å². The van der Waals surface area contributed by atoms with E-state index >= 15 is 0 Å². The van der Waals surface area contributed by atoms with Crippen molar-refractivity contribution in [3.05, 3.63) is 11.5 Å². The molecule has 0 amide bonds. The summed E-state index contributed by atoms with van der Waals surface area (Å²) < 4.78 is 0. The summed E-state index contributed by atoms with van der Waals surface area (Å²) in [5, 5.41) is 1.15. The van der Waals surface area contributed by atoms with E-state index in [0.717, 1.165) is 5.04 Å². The van der Waals surface area contributed by atoms with Crippen molar-refractivity contribution >= 4 is 16.8 Å². The molecule has 0 saturated carbocycles. The minimum absolute atomic E-state index is 0.119. The maximum absolute atomic E-state index is 4.33. The number of hydrogen-bond donors (Lipinski definition) is 0. The summed E-state index contributed by atoms with van der Waals surface area (Å²) in [6.07, 6.45) is 0. The summed E-state index contributed by atoms with van der Waals surface area (Å²) >= 11 is 1.71. The lowest BCUT2D eigenvalue weighted by molar-refractivity contribution is 0.535. The molecule has 0 spiro atoms. The van der Waals surface area contributed by atoms with E-state index in [4.69, 9.17) is 0 Å². The molecule has 0 heterocycles.